The standard InChI is InChI=1S/C18H15N3O2S/c1-13-10-16(23-15-4-2-14(11-20)3-5-15)6-7-17(13)21-18(22)12-24-9-8-19/h2-7,10H,9,12H2,1H3,(H,21,22). The highest BCUT2D eigenvalue weighted by atomic mass is 32.2. The second-order valence-electron chi connectivity index (χ2n) is 4.91. The summed E-state index contributed by atoms with van der Waals surface area (Å²) >= 11 is 1.27. The molecule has 0 atom stereocenters. The predicted octanol–water partition coefficient (Wildman–Crippen LogP) is 3.85. The van der Waals surface area contributed by atoms with Crippen molar-refractivity contribution in [3.8, 4) is 23.6 Å². The summed E-state index contributed by atoms with van der Waals surface area (Å²) in [6.45, 7) is 1.88. The van der Waals surface area contributed by atoms with E-state index in [1.807, 2.05) is 19.1 Å². The largest absolute Gasteiger partial charge is 0.457 e. The smallest absolute Gasteiger partial charge is 0.234 e. The number of nitrogens with one attached hydrogen (secondary N) is 1. The van der Waals surface area contributed by atoms with Gasteiger partial charge in [0.2, 0.25) is 5.91 Å². The van der Waals surface area contributed by atoms with Gasteiger partial charge in [0.1, 0.15) is 11.5 Å². The van der Waals surface area contributed by atoms with Crippen molar-refractivity contribution < 1.29 is 9.53 Å². The molecule has 1 amide bonds. The molecule has 0 radical (unpaired) electrons. The zero-order valence-electron chi connectivity index (χ0n) is 13.1. The number of aryl methyl sites for hydroxylation is 1. The van der Waals surface area contributed by atoms with E-state index in [1.54, 1.807) is 36.4 Å². The van der Waals surface area contributed by atoms with Crippen molar-refractivity contribution in [3.05, 3.63) is 53.6 Å². The number of thioether (sulfide) groups is 1. The molecule has 5 nitrogen and oxygen atoms in total. The Morgan fingerprint density at radius 1 is 1.17 bits per heavy atom. The SMILES string of the molecule is Cc1cc(Oc2ccc(C#N)cc2)ccc1NC(=O)CSCC#N. The Bertz CT molecular complexity index is 804. The number of amides is 1. The maximum Gasteiger partial charge on any atom is 0.234 e. The molecule has 2 aromatic carbocycles. The van der Waals surface area contributed by atoms with Crippen LogP contribution in [0.15, 0.2) is 42.5 Å². The van der Waals surface area contributed by atoms with Gasteiger partial charge < -0.3 is 10.1 Å². The zero-order valence-corrected chi connectivity index (χ0v) is 13.9. The molecule has 0 saturated carbocycles. The lowest BCUT2D eigenvalue weighted by molar-refractivity contribution is -0.113. The van der Waals surface area contributed by atoms with E-state index >= 15 is 0 Å². The average Bonchev–Trinajstić information content (AvgIpc) is 2.58. The molecule has 2 aromatic rings. The number of benzene rings is 2. The lowest BCUT2D eigenvalue weighted by Crippen LogP contribution is -2.15. The van der Waals surface area contributed by atoms with Crippen LogP contribution in [-0.4, -0.2) is 17.4 Å². The summed E-state index contributed by atoms with van der Waals surface area (Å²) in [5.41, 5.74) is 2.16. The van der Waals surface area contributed by atoms with Crippen LogP contribution in [0.4, 0.5) is 5.69 Å². The van der Waals surface area contributed by atoms with Crippen LogP contribution < -0.4 is 10.1 Å². The molecular formula is C18H15N3O2S. The summed E-state index contributed by atoms with van der Waals surface area (Å²) < 4.78 is 5.74. The summed E-state index contributed by atoms with van der Waals surface area (Å²) in [6.07, 6.45) is 0. The van der Waals surface area contributed by atoms with Crippen LogP contribution in [0.25, 0.3) is 0 Å². The Hall–Kier alpha value is -2.96. The van der Waals surface area contributed by atoms with Crippen LogP contribution in [0.1, 0.15) is 11.1 Å². The van der Waals surface area contributed by atoms with Gasteiger partial charge in [-0.25, -0.2) is 0 Å². The maximum atomic E-state index is 11.8. The molecule has 2 rings (SSSR count). The first kappa shape index (κ1) is 17.4. The molecule has 0 bridgehead atoms. The minimum Gasteiger partial charge on any atom is -0.457 e. The van der Waals surface area contributed by atoms with E-state index in [1.165, 1.54) is 11.8 Å². The van der Waals surface area contributed by atoms with Crippen molar-refractivity contribution in [2.24, 2.45) is 0 Å². The van der Waals surface area contributed by atoms with Gasteiger partial charge in [-0.3, -0.25) is 4.79 Å². The first-order chi connectivity index (χ1) is 11.6. The number of nitriles is 2. The van der Waals surface area contributed by atoms with Gasteiger partial charge in [-0.15, -0.1) is 11.8 Å². The molecule has 0 saturated heterocycles. The zero-order chi connectivity index (χ0) is 17.4. The quantitative estimate of drug-likeness (QED) is 0.809. The molecule has 0 aromatic heterocycles. The normalized spacial score (nSPS) is 9.62. The molecule has 0 unspecified atom stereocenters. The van der Waals surface area contributed by atoms with Gasteiger partial charge in [-0.1, -0.05) is 0 Å². The Balaban J connectivity index is 1.99. The second kappa shape index (κ2) is 8.61. The molecule has 120 valence electrons. The summed E-state index contributed by atoms with van der Waals surface area (Å²) in [7, 11) is 0. The van der Waals surface area contributed by atoms with E-state index in [2.05, 4.69) is 11.4 Å². The summed E-state index contributed by atoms with van der Waals surface area (Å²) in [4.78, 5) is 11.8. The topological polar surface area (TPSA) is 85.9 Å². The molecule has 0 aliphatic carbocycles. The van der Waals surface area contributed by atoms with E-state index in [9.17, 15) is 4.79 Å². The van der Waals surface area contributed by atoms with Crippen molar-refractivity contribution in [3.63, 3.8) is 0 Å². The maximum absolute atomic E-state index is 11.8. The molecule has 1 N–H and O–H groups in total. The Labute approximate surface area is 144 Å². The number of hydrogen-bond acceptors (Lipinski definition) is 5. The van der Waals surface area contributed by atoms with Gasteiger partial charge in [-0.2, -0.15) is 10.5 Å². The predicted molar refractivity (Wildman–Crippen MR) is 94.0 cm³/mol. The van der Waals surface area contributed by atoms with E-state index in [4.69, 9.17) is 15.3 Å². The third kappa shape index (κ3) is 5.05. The van der Waals surface area contributed by atoms with Crippen molar-refractivity contribution >= 4 is 23.4 Å². The van der Waals surface area contributed by atoms with Gasteiger partial charge in [0.05, 0.1) is 29.2 Å². The third-order valence-electron chi connectivity index (χ3n) is 3.09. The number of nitrogens with zero attached hydrogens (tertiary/aromatic N) is 2. The lowest BCUT2D eigenvalue weighted by atomic mass is 10.2. The number of anilines is 1. The third-order valence-corrected chi connectivity index (χ3v) is 3.89. The van der Waals surface area contributed by atoms with Crippen molar-refractivity contribution in [1.82, 2.24) is 0 Å². The van der Waals surface area contributed by atoms with E-state index in [0.717, 1.165) is 5.56 Å². The fourth-order valence-electron chi connectivity index (χ4n) is 1.95. The van der Waals surface area contributed by atoms with Gasteiger partial charge in [0.15, 0.2) is 0 Å². The van der Waals surface area contributed by atoms with E-state index in [0.29, 0.717) is 28.5 Å². The molecule has 6 heteroatoms. The fraction of sp³-hybridized carbons (Fsp3) is 0.167. The molecule has 0 heterocycles. The Morgan fingerprint density at radius 3 is 2.50 bits per heavy atom. The van der Waals surface area contributed by atoms with Crippen LogP contribution in [0.3, 0.4) is 0 Å². The lowest BCUT2D eigenvalue weighted by Gasteiger charge is -2.11. The highest BCUT2D eigenvalue weighted by Crippen LogP contribution is 2.26. The van der Waals surface area contributed by atoms with Gasteiger partial charge in [0.25, 0.3) is 0 Å². The summed E-state index contributed by atoms with van der Waals surface area (Å²) in [5.74, 6) is 1.69. The first-order valence-electron chi connectivity index (χ1n) is 7.15. The number of rotatable bonds is 6. The molecule has 0 fully saturated rings. The summed E-state index contributed by atoms with van der Waals surface area (Å²) in [6, 6.07) is 16.3. The van der Waals surface area contributed by atoms with Gasteiger partial charge in [0, 0.05) is 5.69 Å². The molecular weight excluding hydrogens is 322 g/mol. The number of hydrogen-bond donors (Lipinski definition) is 1. The summed E-state index contributed by atoms with van der Waals surface area (Å²) in [5, 5.41) is 20.1. The number of carbonyl (C=O) groups excluding carboxylic acids is 1. The molecule has 24 heavy (non-hydrogen) atoms. The Kier molecular flexibility index (Phi) is 6.24. The molecule has 0 aliphatic rings. The van der Waals surface area contributed by atoms with Crippen LogP contribution in [0.2, 0.25) is 0 Å². The van der Waals surface area contributed by atoms with Crippen LogP contribution >= 0.6 is 11.8 Å². The fourth-order valence-corrected chi connectivity index (χ4v) is 2.40. The molecule has 0 aliphatic heterocycles. The van der Waals surface area contributed by atoms with Crippen molar-refractivity contribution in [2.45, 2.75) is 6.92 Å². The van der Waals surface area contributed by atoms with Crippen LogP contribution in [0, 0.1) is 29.6 Å². The number of carbonyl (C=O) groups is 1. The van der Waals surface area contributed by atoms with Crippen LogP contribution in [0.5, 0.6) is 11.5 Å². The Morgan fingerprint density at radius 2 is 1.88 bits per heavy atom. The van der Waals surface area contributed by atoms with E-state index in [-0.39, 0.29) is 11.7 Å². The highest BCUT2D eigenvalue weighted by Gasteiger charge is 2.07. The molecule has 0 spiro atoms. The minimum atomic E-state index is -0.140. The van der Waals surface area contributed by atoms with Crippen molar-refractivity contribution in [1.29, 1.82) is 10.5 Å². The minimum absolute atomic E-state index is 0.140. The highest BCUT2D eigenvalue weighted by molar-refractivity contribution is 8.00. The second-order valence-corrected chi connectivity index (χ2v) is 5.90. The van der Waals surface area contributed by atoms with Crippen LogP contribution in [-0.2, 0) is 4.79 Å². The number of ether oxygens (including phenoxy) is 1. The van der Waals surface area contributed by atoms with Gasteiger partial charge >= 0.3 is 0 Å². The van der Waals surface area contributed by atoms with E-state index < -0.39 is 0 Å². The van der Waals surface area contributed by atoms with Crippen molar-refractivity contribution in [2.75, 3.05) is 16.8 Å². The average molecular weight is 337 g/mol. The monoisotopic (exact) mass is 337 g/mol. The first-order valence-corrected chi connectivity index (χ1v) is 8.31. The van der Waals surface area contributed by atoms with Gasteiger partial charge in [-0.05, 0) is 55.0 Å².